The molecular formula is C27H29F3N4O3S. The predicted octanol–water partition coefficient (Wildman–Crippen LogP) is 5.90. The van der Waals surface area contributed by atoms with Gasteiger partial charge in [-0.3, -0.25) is 9.59 Å². The molecule has 2 heterocycles. The molecule has 1 aliphatic heterocycles. The standard InChI is InChI=1S/C15H18N2O2.C12H11F3N2OS/c1-2-14(18)16-13-8-6-12(7-9-13)15(19)17-10-4-3-5-11-17;13-12(14,15)9-3-1-2-8(4-9)6-18-7-10-5-17-11(16)19-10/h2,6-9H,1,3-5,10-11H2,(H,16,18);1-5H,6-7H2,(H2,16,17). The van der Waals surface area contributed by atoms with E-state index in [1.807, 2.05) is 4.90 Å². The van der Waals surface area contributed by atoms with E-state index in [4.69, 9.17) is 10.5 Å². The number of nitrogen functional groups attached to an aromatic ring is 1. The first-order valence-electron chi connectivity index (χ1n) is 11.9. The summed E-state index contributed by atoms with van der Waals surface area (Å²) < 4.78 is 42.8. The van der Waals surface area contributed by atoms with Crippen LogP contribution in [0.15, 0.2) is 67.4 Å². The summed E-state index contributed by atoms with van der Waals surface area (Å²) in [5, 5.41) is 3.10. The fraction of sp³-hybridized carbons (Fsp3) is 0.296. The SMILES string of the molecule is C=CC(=O)Nc1ccc(C(=O)N2CCCCC2)cc1.Nc1ncc(COCc2cccc(C(F)(F)F)c2)s1. The Labute approximate surface area is 223 Å². The highest BCUT2D eigenvalue weighted by molar-refractivity contribution is 7.15. The van der Waals surface area contributed by atoms with Crippen molar-refractivity contribution in [3.63, 3.8) is 0 Å². The van der Waals surface area contributed by atoms with E-state index >= 15 is 0 Å². The third-order valence-electron chi connectivity index (χ3n) is 5.57. The molecule has 1 fully saturated rings. The Morgan fingerprint density at radius 1 is 1.11 bits per heavy atom. The van der Waals surface area contributed by atoms with Crippen LogP contribution in [0.2, 0.25) is 0 Å². The number of nitrogens with two attached hydrogens (primary N) is 1. The summed E-state index contributed by atoms with van der Waals surface area (Å²) in [6, 6.07) is 12.0. The van der Waals surface area contributed by atoms with Crippen LogP contribution < -0.4 is 11.1 Å². The van der Waals surface area contributed by atoms with Gasteiger partial charge in [0.15, 0.2) is 5.13 Å². The van der Waals surface area contributed by atoms with Crippen LogP contribution in [0.3, 0.4) is 0 Å². The van der Waals surface area contributed by atoms with Gasteiger partial charge in [0.1, 0.15) is 0 Å². The van der Waals surface area contributed by atoms with Crippen molar-refractivity contribution in [3.8, 4) is 0 Å². The van der Waals surface area contributed by atoms with E-state index in [1.165, 1.54) is 29.9 Å². The number of carbonyl (C=O) groups excluding carboxylic acids is 2. The number of likely N-dealkylation sites (tertiary alicyclic amines) is 1. The van der Waals surface area contributed by atoms with Gasteiger partial charge < -0.3 is 20.7 Å². The molecule has 0 radical (unpaired) electrons. The third kappa shape index (κ3) is 9.00. The second kappa shape index (κ2) is 13.7. The van der Waals surface area contributed by atoms with Crippen molar-refractivity contribution in [1.82, 2.24) is 9.88 Å². The molecule has 0 unspecified atom stereocenters. The van der Waals surface area contributed by atoms with Crippen molar-refractivity contribution < 1.29 is 27.5 Å². The van der Waals surface area contributed by atoms with E-state index in [0.717, 1.165) is 42.9 Å². The Kier molecular flexibility index (Phi) is 10.4. The molecule has 1 aromatic heterocycles. The topological polar surface area (TPSA) is 97.6 Å². The summed E-state index contributed by atoms with van der Waals surface area (Å²) in [4.78, 5) is 29.9. The lowest BCUT2D eigenvalue weighted by atomic mass is 10.1. The van der Waals surface area contributed by atoms with E-state index in [-0.39, 0.29) is 25.0 Å². The molecule has 1 saturated heterocycles. The minimum Gasteiger partial charge on any atom is -0.375 e. The van der Waals surface area contributed by atoms with Gasteiger partial charge in [0, 0.05) is 30.5 Å². The van der Waals surface area contributed by atoms with Crippen molar-refractivity contribution in [2.45, 2.75) is 38.7 Å². The second-order valence-electron chi connectivity index (χ2n) is 8.48. The van der Waals surface area contributed by atoms with Gasteiger partial charge in [-0.2, -0.15) is 13.2 Å². The summed E-state index contributed by atoms with van der Waals surface area (Å²) in [5.41, 5.74) is 6.60. The van der Waals surface area contributed by atoms with Crippen LogP contribution in [0.25, 0.3) is 0 Å². The number of carbonyl (C=O) groups is 2. The van der Waals surface area contributed by atoms with Gasteiger partial charge in [0.25, 0.3) is 5.91 Å². The smallest absolute Gasteiger partial charge is 0.375 e. The number of hydrogen-bond donors (Lipinski definition) is 2. The molecule has 1 aliphatic rings. The molecule has 202 valence electrons. The number of benzene rings is 2. The first-order valence-corrected chi connectivity index (χ1v) is 12.7. The average Bonchev–Trinajstić information content (AvgIpc) is 3.34. The number of nitrogens with zero attached hydrogens (tertiary/aromatic N) is 2. The number of thiazole rings is 1. The van der Waals surface area contributed by atoms with Gasteiger partial charge in [-0.15, -0.1) is 0 Å². The highest BCUT2D eigenvalue weighted by atomic mass is 32.1. The van der Waals surface area contributed by atoms with Crippen molar-refractivity contribution in [1.29, 1.82) is 0 Å². The maximum atomic E-state index is 12.5. The van der Waals surface area contributed by atoms with Crippen molar-refractivity contribution in [3.05, 3.63) is 89.0 Å². The van der Waals surface area contributed by atoms with Crippen LogP contribution in [0.1, 0.15) is 45.6 Å². The zero-order valence-electron chi connectivity index (χ0n) is 20.7. The van der Waals surface area contributed by atoms with Gasteiger partial charge in [-0.1, -0.05) is 30.0 Å². The molecule has 0 bridgehead atoms. The van der Waals surface area contributed by atoms with Gasteiger partial charge in [0.2, 0.25) is 5.91 Å². The van der Waals surface area contributed by atoms with Crippen LogP contribution >= 0.6 is 11.3 Å². The molecule has 2 amide bonds. The fourth-order valence-corrected chi connectivity index (χ4v) is 4.29. The Bertz CT molecular complexity index is 1220. The van der Waals surface area contributed by atoms with Gasteiger partial charge in [-0.25, -0.2) is 4.98 Å². The highest BCUT2D eigenvalue weighted by Crippen LogP contribution is 2.29. The van der Waals surface area contributed by atoms with Crippen LogP contribution in [-0.2, 0) is 28.9 Å². The van der Waals surface area contributed by atoms with Crippen LogP contribution in [-0.4, -0.2) is 34.8 Å². The molecule has 0 aliphatic carbocycles. The zero-order valence-corrected chi connectivity index (χ0v) is 21.5. The van der Waals surface area contributed by atoms with Crippen molar-refractivity contribution in [2.75, 3.05) is 24.1 Å². The summed E-state index contributed by atoms with van der Waals surface area (Å²) in [6.45, 7) is 5.47. The molecule has 3 N–H and O–H groups in total. The molecule has 0 saturated carbocycles. The van der Waals surface area contributed by atoms with Crippen LogP contribution in [0.4, 0.5) is 24.0 Å². The second-order valence-corrected chi connectivity index (χ2v) is 9.63. The summed E-state index contributed by atoms with van der Waals surface area (Å²) >= 11 is 1.29. The van der Waals surface area contributed by atoms with Crippen LogP contribution in [0, 0.1) is 0 Å². The number of aromatic nitrogens is 1. The maximum Gasteiger partial charge on any atom is 0.416 e. The van der Waals surface area contributed by atoms with Gasteiger partial charge in [-0.05, 0) is 67.3 Å². The molecule has 4 rings (SSSR count). The number of anilines is 2. The molecule has 0 atom stereocenters. The zero-order chi connectivity index (χ0) is 27.5. The van der Waals surface area contributed by atoms with Gasteiger partial charge in [0.05, 0.1) is 23.7 Å². The Hall–Kier alpha value is -3.70. The highest BCUT2D eigenvalue weighted by Gasteiger charge is 2.30. The number of piperidine rings is 1. The Balaban J connectivity index is 0.000000211. The number of hydrogen-bond acceptors (Lipinski definition) is 6. The molecular weight excluding hydrogens is 517 g/mol. The number of amides is 2. The minimum atomic E-state index is -4.33. The van der Waals surface area contributed by atoms with Crippen molar-refractivity contribution in [2.24, 2.45) is 0 Å². The van der Waals surface area contributed by atoms with E-state index in [0.29, 0.717) is 21.9 Å². The average molecular weight is 547 g/mol. The molecule has 7 nitrogen and oxygen atoms in total. The number of nitrogens with one attached hydrogen (secondary N) is 1. The number of ether oxygens (including phenoxy) is 1. The van der Waals surface area contributed by atoms with E-state index < -0.39 is 11.7 Å². The number of alkyl halides is 3. The Morgan fingerprint density at radius 2 is 1.82 bits per heavy atom. The van der Waals surface area contributed by atoms with Crippen molar-refractivity contribution >= 4 is 34.0 Å². The minimum absolute atomic E-state index is 0.0706. The van der Waals surface area contributed by atoms with Crippen LogP contribution in [0.5, 0.6) is 0 Å². The lowest BCUT2D eigenvalue weighted by Crippen LogP contribution is -2.35. The quantitative estimate of drug-likeness (QED) is 0.360. The largest absolute Gasteiger partial charge is 0.416 e. The fourth-order valence-electron chi connectivity index (χ4n) is 3.67. The monoisotopic (exact) mass is 546 g/mol. The lowest BCUT2D eigenvalue weighted by molar-refractivity contribution is -0.137. The first-order chi connectivity index (χ1) is 18.2. The number of rotatable bonds is 7. The van der Waals surface area contributed by atoms with E-state index in [2.05, 4.69) is 16.9 Å². The number of halogens is 3. The summed E-state index contributed by atoms with van der Waals surface area (Å²) in [5.74, 6) is -0.184. The van der Waals surface area contributed by atoms with E-state index in [9.17, 15) is 22.8 Å². The predicted molar refractivity (Wildman–Crippen MR) is 141 cm³/mol. The Morgan fingerprint density at radius 3 is 2.42 bits per heavy atom. The lowest BCUT2D eigenvalue weighted by Gasteiger charge is -2.26. The summed E-state index contributed by atoms with van der Waals surface area (Å²) in [7, 11) is 0. The van der Waals surface area contributed by atoms with E-state index in [1.54, 1.807) is 36.5 Å². The first kappa shape index (κ1) is 28.9. The third-order valence-corrected chi connectivity index (χ3v) is 6.37. The molecule has 38 heavy (non-hydrogen) atoms. The molecule has 2 aromatic carbocycles. The molecule has 3 aromatic rings. The normalized spacial score (nSPS) is 13.3. The molecule has 11 heteroatoms. The maximum absolute atomic E-state index is 12.5. The molecule has 0 spiro atoms. The van der Waals surface area contributed by atoms with Gasteiger partial charge >= 0.3 is 6.18 Å². The summed E-state index contributed by atoms with van der Waals surface area (Å²) in [6.07, 6.45) is 1.84.